The number of rotatable bonds is 7. The van der Waals surface area contributed by atoms with Gasteiger partial charge in [0.2, 0.25) is 0 Å². The first-order valence-corrected chi connectivity index (χ1v) is 7.72. The molecule has 2 unspecified atom stereocenters. The largest absolute Gasteiger partial charge is 0.314 e. The van der Waals surface area contributed by atoms with Crippen molar-refractivity contribution in [1.82, 2.24) is 5.32 Å². The maximum Gasteiger partial charge on any atom is 0.00104 e. The third-order valence-corrected chi connectivity index (χ3v) is 3.82. The average molecular weight is 261 g/mol. The first-order valence-electron chi connectivity index (χ1n) is 7.72. The fourth-order valence-electron chi connectivity index (χ4n) is 2.40. The Morgan fingerprint density at radius 3 is 2.26 bits per heavy atom. The maximum absolute atomic E-state index is 3.54. The second-order valence-electron chi connectivity index (χ2n) is 6.67. The van der Waals surface area contributed by atoms with Crippen LogP contribution < -0.4 is 5.32 Å². The van der Waals surface area contributed by atoms with Crippen molar-refractivity contribution in [3.05, 3.63) is 35.4 Å². The van der Waals surface area contributed by atoms with Crippen LogP contribution in [-0.2, 0) is 6.42 Å². The molecule has 0 saturated heterocycles. The van der Waals surface area contributed by atoms with E-state index in [0.717, 1.165) is 12.5 Å². The SMILES string of the molecule is CC(C)Cc1cccc(C(C)C(C)CNC(C)C)c1. The molecule has 0 aliphatic carbocycles. The molecule has 0 aromatic heterocycles. The normalized spacial score (nSPS) is 14.9. The quantitative estimate of drug-likeness (QED) is 0.755. The molecule has 0 aliphatic heterocycles. The molecule has 1 N–H and O–H groups in total. The lowest BCUT2D eigenvalue weighted by molar-refractivity contribution is 0.426. The minimum Gasteiger partial charge on any atom is -0.314 e. The van der Waals surface area contributed by atoms with E-state index < -0.39 is 0 Å². The molecule has 1 heteroatoms. The van der Waals surface area contributed by atoms with Gasteiger partial charge in [0.25, 0.3) is 0 Å². The van der Waals surface area contributed by atoms with Gasteiger partial charge in [-0.3, -0.25) is 0 Å². The maximum atomic E-state index is 3.54. The minimum absolute atomic E-state index is 0.571. The highest BCUT2D eigenvalue weighted by molar-refractivity contribution is 5.26. The molecular weight excluding hydrogens is 230 g/mol. The second-order valence-corrected chi connectivity index (χ2v) is 6.67. The van der Waals surface area contributed by atoms with E-state index in [-0.39, 0.29) is 0 Å². The summed E-state index contributed by atoms with van der Waals surface area (Å²) in [6.07, 6.45) is 1.18. The highest BCUT2D eigenvalue weighted by Crippen LogP contribution is 2.25. The molecule has 1 aromatic rings. The fraction of sp³-hybridized carbons (Fsp3) is 0.667. The lowest BCUT2D eigenvalue weighted by atomic mass is 9.87. The van der Waals surface area contributed by atoms with Gasteiger partial charge in [0, 0.05) is 6.04 Å². The molecule has 0 amide bonds. The van der Waals surface area contributed by atoms with Crippen LogP contribution in [0.15, 0.2) is 24.3 Å². The van der Waals surface area contributed by atoms with Crippen LogP contribution in [0, 0.1) is 11.8 Å². The molecule has 0 heterocycles. The van der Waals surface area contributed by atoms with Crippen molar-refractivity contribution in [3.63, 3.8) is 0 Å². The molecule has 0 bridgehead atoms. The Labute approximate surface area is 119 Å². The summed E-state index contributed by atoms with van der Waals surface area (Å²) >= 11 is 0. The third kappa shape index (κ3) is 5.78. The predicted molar refractivity (Wildman–Crippen MR) is 85.7 cm³/mol. The lowest BCUT2D eigenvalue weighted by Crippen LogP contribution is -2.29. The molecule has 1 rings (SSSR count). The van der Waals surface area contributed by atoms with Gasteiger partial charge in [-0.25, -0.2) is 0 Å². The fourth-order valence-corrected chi connectivity index (χ4v) is 2.40. The zero-order valence-corrected chi connectivity index (χ0v) is 13.5. The number of hydrogen-bond acceptors (Lipinski definition) is 1. The Kier molecular flexibility index (Phi) is 6.57. The third-order valence-electron chi connectivity index (χ3n) is 3.82. The monoisotopic (exact) mass is 261 g/mol. The molecule has 1 nitrogen and oxygen atoms in total. The second kappa shape index (κ2) is 7.69. The first-order chi connectivity index (χ1) is 8.90. The van der Waals surface area contributed by atoms with Gasteiger partial charge >= 0.3 is 0 Å². The van der Waals surface area contributed by atoms with Crippen LogP contribution in [0.5, 0.6) is 0 Å². The molecular formula is C18H31N. The summed E-state index contributed by atoms with van der Waals surface area (Å²) in [4.78, 5) is 0. The van der Waals surface area contributed by atoms with Gasteiger partial charge in [-0.1, -0.05) is 65.8 Å². The summed E-state index contributed by atoms with van der Waals surface area (Å²) in [5.41, 5.74) is 2.96. The Balaban J connectivity index is 2.67. The summed E-state index contributed by atoms with van der Waals surface area (Å²) in [6, 6.07) is 9.72. The van der Waals surface area contributed by atoms with Gasteiger partial charge in [0.15, 0.2) is 0 Å². The van der Waals surface area contributed by atoms with Gasteiger partial charge in [-0.2, -0.15) is 0 Å². The first kappa shape index (κ1) is 16.2. The van der Waals surface area contributed by atoms with E-state index in [0.29, 0.717) is 17.9 Å². The van der Waals surface area contributed by atoms with Gasteiger partial charge in [-0.15, -0.1) is 0 Å². The van der Waals surface area contributed by atoms with E-state index in [4.69, 9.17) is 0 Å². The molecule has 19 heavy (non-hydrogen) atoms. The topological polar surface area (TPSA) is 12.0 Å². The van der Waals surface area contributed by atoms with Crippen molar-refractivity contribution >= 4 is 0 Å². The van der Waals surface area contributed by atoms with Crippen LogP contribution in [0.1, 0.15) is 58.6 Å². The van der Waals surface area contributed by atoms with Crippen molar-refractivity contribution in [1.29, 1.82) is 0 Å². The smallest absolute Gasteiger partial charge is 0.00104 e. The Morgan fingerprint density at radius 2 is 1.68 bits per heavy atom. The zero-order chi connectivity index (χ0) is 14.4. The number of nitrogens with one attached hydrogen (secondary N) is 1. The molecule has 0 saturated carbocycles. The molecule has 0 aliphatic rings. The summed E-state index contributed by atoms with van der Waals surface area (Å²) in [7, 11) is 0. The summed E-state index contributed by atoms with van der Waals surface area (Å²) in [6.45, 7) is 14.8. The Morgan fingerprint density at radius 1 is 1.00 bits per heavy atom. The number of hydrogen-bond donors (Lipinski definition) is 1. The van der Waals surface area contributed by atoms with Crippen LogP contribution in [-0.4, -0.2) is 12.6 Å². The van der Waals surface area contributed by atoms with Gasteiger partial charge in [0.1, 0.15) is 0 Å². The Hall–Kier alpha value is -0.820. The minimum atomic E-state index is 0.571. The molecule has 1 aromatic carbocycles. The predicted octanol–water partition coefficient (Wildman–Crippen LogP) is 4.62. The van der Waals surface area contributed by atoms with E-state index in [1.54, 1.807) is 0 Å². The van der Waals surface area contributed by atoms with Crippen molar-refractivity contribution in [2.75, 3.05) is 6.54 Å². The lowest BCUT2D eigenvalue weighted by Gasteiger charge is -2.22. The standard InChI is InChI=1S/C18H31N/c1-13(2)10-17-8-7-9-18(11-17)16(6)15(5)12-19-14(3)4/h7-9,11,13-16,19H,10,12H2,1-6H3. The van der Waals surface area contributed by atoms with Crippen LogP contribution in [0.25, 0.3) is 0 Å². The van der Waals surface area contributed by atoms with Gasteiger partial charge < -0.3 is 5.32 Å². The zero-order valence-electron chi connectivity index (χ0n) is 13.5. The van der Waals surface area contributed by atoms with Crippen molar-refractivity contribution in [2.24, 2.45) is 11.8 Å². The molecule has 0 radical (unpaired) electrons. The van der Waals surface area contributed by atoms with Crippen molar-refractivity contribution in [3.8, 4) is 0 Å². The summed E-state index contributed by atoms with van der Waals surface area (Å²) in [5, 5.41) is 3.54. The highest BCUT2D eigenvalue weighted by atomic mass is 14.9. The Bertz CT molecular complexity index is 368. The van der Waals surface area contributed by atoms with E-state index in [1.807, 2.05) is 0 Å². The van der Waals surface area contributed by atoms with E-state index in [1.165, 1.54) is 17.5 Å². The molecule has 0 spiro atoms. The van der Waals surface area contributed by atoms with Crippen molar-refractivity contribution in [2.45, 2.75) is 59.9 Å². The van der Waals surface area contributed by atoms with E-state index >= 15 is 0 Å². The summed E-state index contributed by atoms with van der Waals surface area (Å²) in [5.74, 6) is 2.00. The van der Waals surface area contributed by atoms with Crippen LogP contribution in [0.2, 0.25) is 0 Å². The molecule has 0 fully saturated rings. The van der Waals surface area contributed by atoms with Crippen molar-refractivity contribution < 1.29 is 0 Å². The van der Waals surface area contributed by atoms with E-state index in [9.17, 15) is 0 Å². The average Bonchev–Trinajstić information content (AvgIpc) is 2.34. The molecule has 108 valence electrons. The highest BCUT2D eigenvalue weighted by Gasteiger charge is 2.15. The van der Waals surface area contributed by atoms with Crippen LogP contribution in [0.4, 0.5) is 0 Å². The van der Waals surface area contributed by atoms with Gasteiger partial charge in [0.05, 0.1) is 0 Å². The van der Waals surface area contributed by atoms with Gasteiger partial charge in [-0.05, 0) is 41.8 Å². The summed E-state index contributed by atoms with van der Waals surface area (Å²) < 4.78 is 0. The molecule has 2 atom stereocenters. The van der Waals surface area contributed by atoms with Crippen LogP contribution in [0.3, 0.4) is 0 Å². The number of benzene rings is 1. The van der Waals surface area contributed by atoms with E-state index in [2.05, 4.69) is 71.1 Å². The van der Waals surface area contributed by atoms with Crippen LogP contribution >= 0.6 is 0 Å².